The number of thiophene rings is 1. The molecule has 2 N–H and O–H groups in total. The molecule has 1 saturated heterocycles. The second kappa shape index (κ2) is 9.22. The first-order valence-electron chi connectivity index (χ1n) is 10.5. The van der Waals surface area contributed by atoms with E-state index in [1.807, 2.05) is 48.7 Å². The second-order valence-electron chi connectivity index (χ2n) is 8.20. The number of benzene rings is 2. The lowest BCUT2D eigenvalue weighted by molar-refractivity contribution is -0.0656. The number of rotatable bonds is 6. The van der Waals surface area contributed by atoms with E-state index in [2.05, 4.69) is 28.4 Å². The zero-order valence-corrected chi connectivity index (χ0v) is 18.6. The first-order valence-corrected chi connectivity index (χ1v) is 11.3. The monoisotopic (exact) mass is 436 g/mol. The Balaban J connectivity index is 1.63. The lowest BCUT2D eigenvalue weighted by atomic mass is 9.81. The van der Waals surface area contributed by atoms with Crippen LogP contribution in [0.1, 0.15) is 40.2 Å². The number of amides is 1. The maximum Gasteiger partial charge on any atom is 0.251 e. The summed E-state index contributed by atoms with van der Waals surface area (Å²) in [5.74, 6) is 0.659. The predicted molar refractivity (Wildman–Crippen MR) is 123 cm³/mol. The molecular weight excluding hydrogens is 408 g/mol. The predicted octanol–water partition coefficient (Wildman–Crippen LogP) is 4.25. The number of carbonyl (C=O) groups is 1. The van der Waals surface area contributed by atoms with Crippen molar-refractivity contribution in [3.63, 3.8) is 0 Å². The number of carbonyl (C=O) groups excluding carboxylic acids is 1. The van der Waals surface area contributed by atoms with Crippen molar-refractivity contribution in [1.82, 2.24) is 10.2 Å². The summed E-state index contributed by atoms with van der Waals surface area (Å²) < 4.78 is 5.28. The van der Waals surface area contributed by atoms with Crippen LogP contribution < -0.4 is 10.1 Å². The SMILES string of the molecule is COc1ccc(CN2CCC(C)(O)C(NC(=O)c3ccccc3)C2c2cccs2)cc1. The zero-order chi connectivity index (χ0) is 21.8. The average Bonchev–Trinajstić information content (AvgIpc) is 3.32. The Morgan fingerprint density at radius 2 is 1.90 bits per heavy atom. The number of hydrogen-bond acceptors (Lipinski definition) is 5. The summed E-state index contributed by atoms with van der Waals surface area (Å²) in [6.45, 7) is 3.29. The van der Waals surface area contributed by atoms with Gasteiger partial charge in [0.1, 0.15) is 5.75 Å². The number of likely N-dealkylation sites (tertiary alicyclic amines) is 1. The molecule has 1 amide bonds. The van der Waals surface area contributed by atoms with Gasteiger partial charge in [-0.2, -0.15) is 0 Å². The molecule has 4 rings (SSSR count). The Bertz CT molecular complexity index is 987. The number of hydrogen-bond donors (Lipinski definition) is 2. The molecule has 162 valence electrons. The van der Waals surface area contributed by atoms with Gasteiger partial charge in [0, 0.05) is 23.5 Å². The van der Waals surface area contributed by atoms with Crippen molar-refractivity contribution >= 4 is 17.2 Å². The molecule has 2 heterocycles. The van der Waals surface area contributed by atoms with Crippen LogP contribution in [0.25, 0.3) is 0 Å². The number of piperidine rings is 1. The summed E-state index contributed by atoms with van der Waals surface area (Å²) in [7, 11) is 1.66. The summed E-state index contributed by atoms with van der Waals surface area (Å²) >= 11 is 1.65. The van der Waals surface area contributed by atoms with Crippen molar-refractivity contribution in [1.29, 1.82) is 0 Å². The number of methoxy groups -OCH3 is 1. The fraction of sp³-hybridized carbons (Fsp3) is 0.320. The minimum Gasteiger partial charge on any atom is -0.497 e. The van der Waals surface area contributed by atoms with Gasteiger partial charge >= 0.3 is 0 Å². The van der Waals surface area contributed by atoms with Gasteiger partial charge in [-0.1, -0.05) is 36.4 Å². The van der Waals surface area contributed by atoms with E-state index < -0.39 is 11.6 Å². The van der Waals surface area contributed by atoms with Gasteiger partial charge in [0.15, 0.2) is 0 Å². The Labute approximate surface area is 187 Å². The van der Waals surface area contributed by atoms with Crippen LogP contribution in [0.4, 0.5) is 0 Å². The van der Waals surface area contributed by atoms with Crippen LogP contribution in [-0.2, 0) is 6.54 Å². The van der Waals surface area contributed by atoms with Gasteiger partial charge in [0.25, 0.3) is 5.91 Å². The van der Waals surface area contributed by atoms with Crippen molar-refractivity contribution in [2.75, 3.05) is 13.7 Å². The fourth-order valence-corrected chi connectivity index (χ4v) is 5.11. The molecular formula is C25H28N2O3S. The van der Waals surface area contributed by atoms with Crippen LogP contribution in [0.2, 0.25) is 0 Å². The number of nitrogens with one attached hydrogen (secondary N) is 1. The molecule has 5 nitrogen and oxygen atoms in total. The van der Waals surface area contributed by atoms with E-state index in [1.54, 1.807) is 30.6 Å². The maximum absolute atomic E-state index is 13.0. The number of aliphatic hydroxyl groups is 1. The molecule has 1 fully saturated rings. The third kappa shape index (κ3) is 4.82. The topological polar surface area (TPSA) is 61.8 Å². The van der Waals surface area contributed by atoms with Gasteiger partial charge in [-0.15, -0.1) is 11.3 Å². The van der Waals surface area contributed by atoms with E-state index in [4.69, 9.17) is 4.74 Å². The largest absolute Gasteiger partial charge is 0.497 e. The highest BCUT2D eigenvalue weighted by atomic mass is 32.1. The van der Waals surface area contributed by atoms with E-state index in [0.29, 0.717) is 12.0 Å². The van der Waals surface area contributed by atoms with Crippen molar-refractivity contribution in [3.8, 4) is 5.75 Å². The molecule has 0 bridgehead atoms. The van der Waals surface area contributed by atoms with Crippen molar-refractivity contribution < 1.29 is 14.6 Å². The van der Waals surface area contributed by atoms with Crippen LogP contribution in [0.15, 0.2) is 72.1 Å². The molecule has 6 heteroatoms. The standard InChI is InChI=1S/C25H28N2O3S/c1-25(29)14-15-27(17-18-10-12-20(30-2)13-11-18)22(21-9-6-16-31-21)23(25)26-24(28)19-7-4-3-5-8-19/h3-13,16,22-23,29H,14-15,17H2,1-2H3,(H,26,28). The Morgan fingerprint density at radius 1 is 1.16 bits per heavy atom. The normalized spacial score (nSPS) is 24.0. The van der Waals surface area contributed by atoms with Crippen molar-refractivity contribution in [2.45, 2.75) is 37.6 Å². The molecule has 0 radical (unpaired) electrons. The Morgan fingerprint density at radius 3 is 2.55 bits per heavy atom. The quantitative estimate of drug-likeness (QED) is 0.606. The minimum absolute atomic E-state index is 0.126. The summed E-state index contributed by atoms with van der Waals surface area (Å²) in [5, 5.41) is 16.5. The van der Waals surface area contributed by atoms with Crippen LogP contribution >= 0.6 is 11.3 Å². The molecule has 1 aliphatic heterocycles. The van der Waals surface area contributed by atoms with E-state index in [-0.39, 0.29) is 11.9 Å². The number of nitrogens with zero attached hydrogens (tertiary/aromatic N) is 1. The molecule has 0 spiro atoms. The van der Waals surface area contributed by atoms with Crippen LogP contribution in [0, 0.1) is 0 Å². The Hall–Kier alpha value is -2.67. The van der Waals surface area contributed by atoms with Crippen LogP contribution in [0.5, 0.6) is 5.75 Å². The molecule has 1 aliphatic rings. The third-order valence-electron chi connectivity index (χ3n) is 5.99. The second-order valence-corrected chi connectivity index (χ2v) is 9.18. The highest BCUT2D eigenvalue weighted by molar-refractivity contribution is 7.10. The fourth-order valence-electron chi connectivity index (χ4n) is 4.21. The van der Waals surface area contributed by atoms with Crippen LogP contribution in [0.3, 0.4) is 0 Å². The lowest BCUT2D eigenvalue weighted by Gasteiger charge is -2.48. The van der Waals surface area contributed by atoms with Gasteiger partial charge in [-0.05, 0) is 54.6 Å². The van der Waals surface area contributed by atoms with Crippen molar-refractivity contribution in [3.05, 3.63) is 88.1 Å². The van der Waals surface area contributed by atoms with Gasteiger partial charge < -0.3 is 15.2 Å². The third-order valence-corrected chi connectivity index (χ3v) is 6.93. The van der Waals surface area contributed by atoms with E-state index >= 15 is 0 Å². The smallest absolute Gasteiger partial charge is 0.251 e. The first kappa shape index (κ1) is 21.6. The van der Waals surface area contributed by atoms with E-state index in [0.717, 1.165) is 29.3 Å². The maximum atomic E-state index is 13.0. The summed E-state index contributed by atoms with van der Waals surface area (Å²) in [4.78, 5) is 16.5. The zero-order valence-electron chi connectivity index (χ0n) is 17.8. The van der Waals surface area contributed by atoms with Gasteiger partial charge in [-0.25, -0.2) is 0 Å². The molecule has 31 heavy (non-hydrogen) atoms. The molecule has 2 aromatic carbocycles. The summed E-state index contributed by atoms with van der Waals surface area (Å²) in [6.07, 6.45) is 0.574. The molecule has 3 atom stereocenters. The molecule has 3 unspecified atom stereocenters. The molecule has 0 saturated carbocycles. The lowest BCUT2D eigenvalue weighted by Crippen LogP contribution is -2.62. The summed E-state index contributed by atoms with van der Waals surface area (Å²) in [5.41, 5.74) is 0.739. The van der Waals surface area contributed by atoms with Gasteiger partial charge in [0.05, 0.1) is 24.8 Å². The highest BCUT2D eigenvalue weighted by Gasteiger charge is 2.46. The Kier molecular flexibility index (Phi) is 6.41. The van der Waals surface area contributed by atoms with Gasteiger partial charge in [0.2, 0.25) is 0 Å². The number of ether oxygens (including phenoxy) is 1. The highest BCUT2D eigenvalue weighted by Crippen LogP contribution is 2.39. The molecule has 3 aromatic rings. The summed E-state index contributed by atoms with van der Waals surface area (Å²) in [6, 6.07) is 20.8. The van der Waals surface area contributed by atoms with Crippen molar-refractivity contribution in [2.24, 2.45) is 0 Å². The van der Waals surface area contributed by atoms with Crippen LogP contribution in [-0.4, -0.2) is 41.2 Å². The van der Waals surface area contributed by atoms with E-state index in [1.165, 1.54) is 0 Å². The molecule has 0 aliphatic carbocycles. The van der Waals surface area contributed by atoms with E-state index in [9.17, 15) is 9.90 Å². The average molecular weight is 437 g/mol. The van der Waals surface area contributed by atoms with Gasteiger partial charge in [-0.3, -0.25) is 9.69 Å². The molecule has 1 aromatic heterocycles. The first-order chi connectivity index (χ1) is 15.0. The minimum atomic E-state index is -1.02.